The molecule has 1 fully saturated rings. The van der Waals surface area contributed by atoms with Gasteiger partial charge in [-0.15, -0.1) is 0 Å². The maximum atomic E-state index is 14.1. The van der Waals surface area contributed by atoms with Crippen molar-refractivity contribution in [2.24, 2.45) is 29.3 Å². The van der Waals surface area contributed by atoms with E-state index in [0.717, 1.165) is 0 Å². The summed E-state index contributed by atoms with van der Waals surface area (Å²) in [4.78, 5) is 55.2. The molecule has 1 aromatic rings. The maximum absolute atomic E-state index is 14.1. The second-order valence-electron chi connectivity index (χ2n) is 11.8. The van der Waals surface area contributed by atoms with Crippen molar-refractivity contribution in [3.05, 3.63) is 34.1 Å². The monoisotopic (exact) mass is 587 g/mol. The zero-order valence-corrected chi connectivity index (χ0v) is 24.3. The molecule has 42 heavy (non-hydrogen) atoms. The van der Waals surface area contributed by atoms with Gasteiger partial charge in [0.25, 0.3) is 5.91 Å². The van der Waals surface area contributed by atoms with Gasteiger partial charge < -0.3 is 35.8 Å². The number of hydrazine groups is 1. The van der Waals surface area contributed by atoms with Crippen LogP contribution in [0.4, 0.5) is 16.2 Å². The van der Waals surface area contributed by atoms with Crippen molar-refractivity contribution in [1.82, 2.24) is 4.90 Å². The van der Waals surface area contributed by atoms with Gasteiger partial charge in [-0.05, 0) is 50.4 Å². The zero-order valence-electron chi connectivity index (χ0n) is 24.3. The van der Waals surface area contributed by atoms with E-state index in [1.807, 2.05) is 13.8 Å². The molecule has 0 bridgehead atoms. The molecule has 0 aliphatic heterocycles. The van der Waals surface area contributed by atoms with Gasteiger partial charge in [-0.1, -0.05) is 13.8 Å². The first-order valence-corrected chi connectivity index (χ1v) is 13.4. The van der Waals surface area contributed by atoms with Gasteiger partial charge in [0, 0.05) is 31.3 Å². The first-order valence-electron chi connectivity index (χ1n) is 13.4. The Morgan fingerprint density at radius 2 is 1.74 bits per heavy atom. The number of carbonyl (C=O) groups is 4. The number of ether oxygens (including phenoxy) is 1. The number of hydrogen-bond donors (Lipinski definition) is 6. The number of ketones is 2. The van der Waals surface area contributed by atoms with Gasteiger partial charge in [-0.3, -0.25) is 19.3 Å². The Hall–Kier alpha value is -4.14. The molecule has 0 spiro atoms. The summed E-state index contributed by atoms with van der Waals surface area (Å²) in [7, 11) is 6.46. The first kappa shape index (κ1) is 30.8. The Morgan fingerprint density at radius 1 is 1.12 bits per heavy atom. The van der Waals surface area contributed by atoms with Crippen molar-refractivity contribution < 1.29 is 44.3 Å². The molecule has 1 saturated carbocycles. The molecule has 14 nitrogen and oxygen atoms in total. The average Bonchev–Trinajstić information content (AvgIpc) is 2.88. The Labute approximate surface area is 242 Å². The molecule has 0 aromatic heterocycles. The highest BCUT2D eigenvalue weighted by Gasteiger charge is 2.64. The summed E-state index contributed by atoms with van der Waals surface area (Å²) < 4.78 is 5.17. The van der Waals surface area contributed by atoms with Gasteiger partial charge in [0.2, 0.25) is 5.78 Å². The van der Waals surface area contributed by atoms with Crippen LogP contribution in [0, 0.1) is 17.8 Å². The van der Waals surface area contributed by atoms with Crippen LogP contribution < -0.4 is 21.5 Å². The van der Waals surface area contributed by atoms with Crippen LogP contribution in [0.2, 0.25) is 0 Å². The van der Waals surface area contributed by atoms with Gasteiger partial charge >= 0.3 is 6.09 Å². The highest BCUT2D eigenvalue weighted by atomic mass is 16.6. The lowest BCUT2D eigenvalue weighted by Gasteiger charge is -2.50. The molecular weight excluding hydrogens is 550 g/mol. The van der Waals surface area contributed by atoms with Crippen molar-refractivity contribution in [2.75, 3.05) is 44.7 Å². The molecular formula is C28H37N5O9. The Balaban J connectivity index is 1.94. The molecule has 3 aliphatic carbocycles. The summed E-state index contributed by atoms with van der Waals surface area (Å²) >= 11 is 0. The van der Waals surface area contributed by atoms with Crippen LogP contribution in [0.3, 0.4) is 0 Å². The van der Waals surface area contributed by atoms with Gasteiger partial charge in [-0.25, -0.2) is 15.6 Å². The number of nitrogens with zero attached hydrogens (tertiary/aromatic N) is 3. The quantitative estimate of drug-likeness (QED) is 0.116. The molecule has 1 aromatic carbocycles. The van der Waals surface area contributed by atoms with E-state index in [4.69, 9.17) is 16.3 Å². The summed E-state index contributed by atoms with van der Waals surface area (Å²) in [6.07, 6.45) is -0.935. The van der Waals surface area contributed by atoms with E-state index in [0.29, 0.717) is 16.3 Å². The Bertz CT molecular complexity index is 1450. The van der Waals surface area contributed by atoms with Gasteiger partial charge in [0.1, 0.15) is 22.8 Å². The lowest BCUT2D eigenvalue weighted by Crippen LogP contribution is -2.65. The highest BCUT2D eigenvalue weighted by Crippen LogP contribution is 2.54. The maximum Gasteiger partial charge on any atom is 0.428 e. The molecule has 0 heterocycles. The minimum absolute atomic E-state index is 0.0113. The molecule has 0 radical (unpaired) electrons. The summed E-state index contributed by atoms with van der Waals surface area (Å²) in [6, 6.07) is 0.263. The minimum Gasteiger partial charge on any atom is -0.508 e. The van der Waals surface area contributed by atoms with Crippen LogP contribution in [0.1, 0.15) is 31.4 Å². The number of fused-ring (bicyclic) bond motifs is 3. The van der Waals surface area contributed by atoms with Crippen LogP contribution in [0.25, 0.3) is 5.76 Å². The number of benzene rings is 1. The fourth-order valence-corrected chi connectivity index (χ4v) is 6.27. The minimum atomic E-state index is -2.76. The smallest absolute Gasteiger partial charge is 0.428 e. The molecule has 14 heteroatoms. The normalized spacial score (nSPS) is 25.3. The van der Waals surface area contributed by atoms with Crippen LogP contribution in [-0.2, 0) is 25.5 Å². The van der Waals surface area contributed by atoms with Gasteiger partial charge in [-0.2, -0.15) is 0 Å². The Kier molecular flexibility index (Phi) is 7.78. The topological polar surface area (TPSA) is 220 Å². The third-order valence-electron chi connectivity index (χ3n) is 8.16. The number of Topliss-reactive ketones (excluding diaryl/α,β-unsaturated/α-hetero) is 2. The van der Waals surface area contributed by atoms with Gasteiger partial charge in [0.05, 0.1) is 18.2 Å². The first-order chi connectivity index (χ1) is 19.5. The van der Waals surface area contributed by atoms with E-state index in [1.54, 1.807) is 19.0 Å². The third-order valence-corrected chi connectivity index (χ3v) is 8.16. The van der Waals surface area contributed by atoms with E-state index in [9.17, 15) is 39.6 Å². The summed E-state index contributed by atoms with van der Waals surface area (Å²) in [5.41, 5.74) is 1.87. The number of carbonyl (C=O) groups excluding carboxylic acids is 4. The second-order valence-corrected chi connectivity index (χ2v) is 11.8. The standard InChI is InChI=1S/C28H37N5O9/c1-11(2)10-42-27(40)33(30)16-9-15(31(3)4)13-7-12-8-14-20(32(5)6)23(36)19(26(29)39)25(38)28(14,41)24(37)17(12)22(35)18(13)21(16)34/h9,11-12,14,20,34-35,38,41H,7-8,10,30H2,1-6H3,(H2,29,39)/t12-,14-,20-,28-/m0/s1. The largest absolute Gasteiger partial charge is 0.508 e. The lowest BCUT2D eigenvalue weighted by molar-refractivity contribution is -0.153. The summed E-state index contributed by atoms with van der Waals surface area (Å²) in [6.45, 7) is 3.72. The number of anilines is 2. The number of rotatable bonds is 6. The third kappa shape index (κ3) is 4.46. The van der Waals surface area contributed by atoms with Crippen LogP contribution in [-0.4, -0.2) is 95.3 Å². The van der Waals surface area contributed by atoms with Crippen molar-refractivity contribution in [1.29, 1.82) is 0 Å². The number of likely N-dealkylation sites (N-methyl/N-ethyl adjacent to an activating group) is 1. The van der Waals surface area contributed by atoms with Gasteiger partial charge in [0.15, 0.2) is 17.1 Å². The molecule has 8 N–H and O–H groups in total. The van der Waals surface area contributed by atoms with Crippen molar-refractivity contribution in [2.45, 2.75) is 38.3 Å². The fourth-order valence-electron chi connectivity index (χ4n) is 6.27. The number of aromatic hydroxyl groups is 1. The van der Waals surface area contributed by atoms with E-state index < -0.39 is 69.9 Å². The number of nitrogens with two attached hydrogens (primary N) is 2. The molecule has 4 atom stereocenters. The van der Waals surface area contributed by atoms with Crippen molar-refractivity contribution >= 4 is 40.7 Å². The van der Waals surface area contributed by atoms with E-state index in [-0.39, 0.29) is 42.2 Å². The highest BCUT2D eigenvalue weighted by molar-refractivity contribution is 6.24. The molecule has 228 valence electrons. The van der Waals surface area contributed by atoms with E-state index >= 15 is 0 Å². The van der Waals surface area contributed by atoms with Crippen LogP contribution in [0.15, 0.2) is 23.0 Å². The Morgan fingerprint density at radius 3 is 2.26 bits per heavy atom. The molecule has 3 aliphatic rings. The molecule has 0 saturated heterocycles. The van der Waals surface area contributed by atoms with Crippen molar-refractivity contribution in [3.63, 3.8) is 0 Å². The molecule has 2 amide bonds. The van der Waals surface area contributed by atoms with Crippen molar-refractivity contribution in [3.8, 4) is 5.75 Å². The number of aliphatic hydroxyl groups excluding tert-OH is 2. The molecule has 4 rings (SSSR count). The fraction of sp³-hybridized carbons (Fsp3) is 0.500. The van der Waals surface area contributed by atoms with Crippen LogP contribution >= 0.6 is 0 Å². The van der Waals surface area contributed by atoms with E-state index in [1.165, 1.54) is 25.1 Å². The SMILES string of the molecule is CC(C)COC(=O)N(N)c1cc(N(C)C)c2c(c1O)C(O)=C1C(=O)[C@]3(O)C(O)=C(C(N)=O)C(=O)[C@@H](N(C)C)[C@@H]3C[C@@H]1C2. The number of hydrogen-bond acceptors (Lipinski definition) is 12. The molecule has 0 unspecified atom stereocenters. The number of aliphatic hydroxyl groups is 3. The zero-order chi connectivity index (χ0) is 31.6. The number of phenolic OH excluding ortho intramolecular Hbond substituents is 1. The lowest BCUT2D eigenvalue weighted by atomic mass is 9.57. The second kappa shape index (κ2) is 10.6. The summed E-state index contributed by atoms with van der Waals surface area (Å²) in [5.74, 6) is -1.69. The average molecular weight is 588 g/mol. The number of amides is 2. The predicted molar refractivity (Wildman–Crippen MR) is 151 cm³/mol. The predicted octanol–water partition coefficient (Wildman–Crippen LogP) is 0.503. The number of primary amides is 1. The van der Waals surface area contributed by atoms with E-state index in [2.05, 4.69) is 0 Å². The van der Waals surface area contributed by atoms with Crippen LogP contribution in [0.5, 0.6) is 5.75 Å². The number of phenols is 1. The summed E-state index contributed by atoms with van der Waals surface area (Å²) in [5, 5.41) is 46.2.